The molecule has 0 saturated heterocycles. The molecule has 0 radical (unpaired) electrons. The number of carbonyl (C=O) groups is 1. The molecule has 3 rings (SSSR count). The summed E-state index contributed by atoms with van der Waals surface area (Å²) in [5.41, 5.74) is 3.41. The molecular weight excluding hydrogens is 328 g/mol. The van der Waals surface area contributed by atoms with Crippen LogP contribution in [0.25, 0.3) is 0 Å². The molecule has 0 unspecified atom stereocenters. The van der Waals surface area contributed by atoms with Gasteiger partial charge < -0.3 is 20.1 Å². The molecule has 0 spiro atoms. The Morgan fingerprint density at radius 2 is 1.92 bits per heavy atom. The number of para-hydroxylation sites is 1. The minimum Gasteiger partial charge on any atom is -0.496 e. The van der Waals surface area contributed by atoms with E-state index in [1.165, 1.54) is 5.56 Å². The zero-order valence-corrected chi connectivity index (χ0v) is 15.3. The van der Waals surface area contributed by atoms with Crippen LogP contribution in [-0.2, 0) is 11.2 Å². The van der Waals surface area contributed by atoms with Crippen LogP contribution in [0.15, 0.2) is 48.5 Å². The van der Waals surface area contributed by atoms with Gasteiger partial charge in [0.1, 0.15) is 5.75 Å². The molecule has 0 fully saturated rings. The molecule has 1 amide bonds. The SMILES string of the molecule is COc1ccccc1[C@H]1c2ccccc2CCN1C(=O)CNC[C@H](C)O. The second-order valence-electron chi connectivity index (χ2n) is 6.66. The highest BCUT2D eigenvalue weighted by atomic mass is 16.5. The maximum Gasteiger partial charge on any atom is 0.237 e. The molecule has 2 N–H and O–H groups in total. The van der Waals surface area contributed by atoms with Gasteiger partial charge in [-0.2, -0.15) is 0 Å². The number of amides is 1. The molecular formula is C21H26N2O3. The topological polar surface area (TPSA) is 61.8 Å². The van der Waals surface area contributed by atoms with E-state index >= 15 is 0 Å². The Morgan fingerprint density at radius 3 is 2.65 bits per heavy atom. The number of hydrogen-bond donors (Lipinski definition) is 2. The standard InChI is InChI=1S/C21H26N2O3/c1-15(24)13-22-14-20(25)23-12-11-16-7-3-4-8-17(16)21(23)18-9-5-6-10-19(18)26-2/h3-10,15,21-22,24H,11-14H2,1-2H3/t15-,21+/m0/s1. The van der Waals surface area contributed by atoms with Gasteiger partial charge in [-0.25, -0.2) is 0 Å². The van der Waals surface area contributed by atoms with Crippen LogP contribution in [0.3, 0.4) is 0 Å². The Kier molecular flexibility index (Phi) is 5.91. The molecule has 5 heteroatoms. The van der Waals surface area contributed by atoms with E-state index in [1.807, 2.05) is 41.3 Å². The van der Waals surface area contributed by atoms with Crippen LogP contribution < -0.4 is 10.1 Å². The van der Waals surface area contributed by atoms with E-state index in [1.54, 1.807) is 14.0 Å². The van der Waals surface area contributed by atoms with E-state index in [2.05, 4.69) is 17.4 Å². The van der Waals surface area contributed by atoms with Crippen LogP contribution in [-0.4, -0.2) is 48.8 Å². The van der Waals surface area contributed by atoms with Gasteiger partial charge in [0.05, 0.1) is 25.8 Å². The minimum absolute atomic E-state index is 0.0241. The van der Waals surface area contributed by atoms with Crippen LogP contribution in [0, 0.1) is 0 Å². The van der Waals surface area contributed by atoms with Gasteiger partial charge in [-0.1, -0.05) is 42.5 Å². The Morgan fingerprint density at radius 1 is 1.23 bits per heavy atom. The normalized spacial score (nSPS) is 17.5. The quantitative estimate of drug-likeness (QED) is 0.834. The van der Waals surface area contributed by atoms with Crippen LogP contribution in [0.1, 0.15) is 29.7 Å². The average Bonchev–Trinajstić information content (AvgIpc) is 2.66. The molecule has 0 bridgehead atoms. The Balaban J connectivity index is 1.95. The lowest BCUT2D eigenvalue weighted by atomic mass is 9.87. The fourth-order valence-electron chi connectivity index (χ4n) is 3.55. The molecule has 2 aromatic carbocycles. The van der Waals surface area contributed by atoms with Gasteiger partial charge in [0.25, 0.3) is 0 Å². The van der Waals surface area contributed by atoms with Gasteiger partial charge in [0.2, 0.25) is 5.91 Å². The van der Waals surface area contributed by atoms with E-state index in [9.17, 15) is 9.90 Å². The van der Waals surface area contributed by atoms with Crippen molar-refractivity contribution in [2.45, 2.75) is 25.5 Å². The molecule has 0 saturated carbocycles. The zero-order valence-electron chi connectivity index (χ0n) is 15.3. The van der Waals surface area contributed by atoms with E-state index < -0.39 is 6.10 Å². The number of nitrogens with one attached hydrogen (secondary N) is 1. The van der Waals surface area contributed by atoms with Crippen molar-refractivity contribution < 1.29 is 14.6 Å². The molecule has 0 aliphatic carbocycles. The lowest BCUT2D eigenvalue weighted by molar-refractivity contribution is -0.132. The Labute approximate surface area is 154 Å². The first-order chi connectivity index (χ1) is 12.6. The summed E-state index contributed by atoms with van der Waals surface area (Å²) in [5.74, 6) is 0.806. The summed E-state index contributed by atoms with van der Waals surface area (Å²) in [6.45, 7) is 2.97. The maximum atomic E-state index is 12.9. The molecule has 1 aliphatic rings. The predicted octanol–water partition coefficient (Wildman–Crippen LogP) is 2.14. The van der Waals surface area contributed by atoms with Crippen LogP contribution >= 0.6 is 0 Å². The summed E-state index contributed by atoms with van der Waals surface area (Å²) in [4.78, 5) is 14.8. The van der Waals surface area contributed by atoms with Crippen LogP contribution in [0.5, 0.6) is 5.75 Å². The number of carbonyl (C=O) groups excluding carboxylic acids is 1. The summed E-state index contributed by atoms with van der Waals surface area (Å²) < 4.78 is 5.57. The van der Waals surface area contributed by atoms with Gasteiger partial charge in [0, 0.05) is 18.7 Å². The number of fused-ring (bicyclic) bond motifs is 1. The van der Waals surface area contributed by atoms with Crippen molar-refractivity contribution in [1.29, 1.82) is 0 Å². The number of aliphatic hydroxyl groups is 1. The van der Waals surface area contributed by atoms with Crippen molar-refractivity contribution in [2.24, 2.45) is 0 Å². The summed E-state index contributed by atoms with van der Waals surface area (Å²) in [6, 6.07) is 16.0. The number of ether oxygens (including phenoxy) is 1. The molecule has 2 aromatic rings. The summed E-state index contributed by atoms with van der Waals surface area (Å²) in [5, 5.41) is 12.4. The van der Waals surface area contributed by atoms with Crippen molar-refractivity contribution in [3.63, 3.8) is 0 Å². The van der Waals surface area contributed by atoms with Crippen molar-refractivity contribution in [2.75, 3.05) is 26.7 Å². The summed E-state index contributed by atoms with van der Waals surface area (Å²) >= 11 is 0. The third-order valence-corrected chi connectivity index (χ3v) is 4.75. The Hall–Kier alpha value is -2.37. The van der Waals surface area contributed by atoms with E-state index in [0.717, 1.165) is 23.3 Å². The fourth-order valence-corrected chi connectivity index (χ4v) is 3.55. The highest BCUT2D eigenvalue weighted by Crippen LogP contribution is 2.39. The van der Waals surface area contributed by atoms with Gasteiger partial charge in [-0.3, -0.25) is 4.79 Å². The van der Waals surface area contributed by atoms with Crippen molar-refractivity contribution >= 4 is 5.91 Å². The molecule has 2 atom stereocenters. The average molecular weight is 354 g/mol. The molecule has 138 valence electrons. The third kappa shape index (κ3) is 3.89. The van der Waals surface area contributed by atoms with Gasteiger partial charge in [-0.05, 0) is 30.5 Å². The molecule has 1 aliphatic heterocycles. The molecule has 5 nitrogen and oxygen atoms in total. The van der Waals surface area contributed by atoms with Gasteiger partial charge in [0.15, 0.2) is 0 Å². The minimum atomic E-state index is -0.477. The van der Waals surface area contributed by atoms with Crippen molar-refractivity contribution in [1.82, 2.24) is 10.2 Å². The maximum absolute atomic E-state index is 12.9. The zero-order chi connectivity index (χ0) is 18.5. The highest BCUT2D eigenvalue weighted by Gasteiger charge is 2.33. The van der Waals surface area contributed by atoms with Crippen molar-refractivity contribution in [3.05, 3.63) is 65.2 Å². The third-order valence-electron chi connectivity index (χ3n) is 4.75. The van der Waals surface area contributed by atoms with E-state index in [-0.39, 0.29) is 18.5 Å². The van der Waals surface area contributed by atoms with E-state index in [4.69, 9.17) is 4.74 Å². The fraction of sp³-hybridized carbons (Fsp3) is 0.381. The predicted molar refractivity (Wildman–Crippen MR) is 101 cm³/mol. The van der Waals surface area contributed by atoms with E-state index in [0.29, 0.717) is 13.1 Å². The van der Waals surface area contributed by atoms with Gasteiger partial charge in [-0.15, -0.1) is 0 Å². The summed E-state index contributed by atoms with van der Waals surface area (Å²) in [7, 11) is 1.66. The number of aliphatic hydroxyl groups excluding tert-OH is 1. The number of nitrogens with zero attached hydrogens (tertiary/aromatic N) is 1. The smallest absolute Gasteiger partial charge is 0.237 e. The number of hydrogen-bond acceptors (Lipinski definition) is 4. The lowest BCUT2D eigenvalue weighted by Crippen LogP contribution is -2.45. The van der Waals surface area contributed by atoms with Crippen molar-refractivity contribution in [3.8, 4) is 5.75 Å². The number of methoxy groups -OCH3 is 1. The second kappa shape index (κ2) is 8.34. The lowest BCUT2D eigenvalue weighted by Gasteiger charge is -2.38. The van der Waals surface area contributed by atoms with Crippen LogP contribution in [0.2, 0.25) is 0 Å². The first-order valence-electron chi connectivity index (χ1n) is 9.00. The molecule has 1 heterocycles. The Bertz CT molecular complexity index is 760. The van der Waals surface area contributed by atoms with Gasteiger partial charge >= 0.3 is 0 Å². The second-order valence-corrected chi connectivity index (χ2v) is 6.66. The van der Waals surface area contributed by atoms with Crippen LogP contribution in [0.4, 0.5) is 0 Å². The summed E-state index contributed by atoms with van der Waals surface area (Å²) in [6.07, 6.45) is 0.360. The number of rotatable bonds is 6. The number of benzene rings is 2. The largest absolute Gasteiger partial charge is 0.496 e. The molecule has 26 heavy (non-hydrogen) atoms. The first-order valence-corrected chi connectivity index (χ1v) is 9.00. The molecule has 0 aromatic heterocycles. The first kappa shape index (κ1) is 18.4. The highest BCUT2D eigenvalue weighted by molar-refractivity contribution is 5.80. The monoisotopic (exact) mass is 354 g/mol.